The van der Waals surface area contributed by atoms with Crippen LogP contribution in [0.1, 0.15) is 51.4 Å². The number of rotatable bonds is 4. The Labute approximate surface area is 113 Å². The van der Waals surface area contributed by atoms with Crippen LogP contribution in [-0.4, -0.2) is 24.2 Å². The molecule has 0 saturated heterocycles. The Hall–Kier alpha value is -1.50. The highest BCUT2D eigenvalue weighted by atomic mass is 16.1. The van der Waals surface area contributed by atoms with E-state index < -0.39 is 0 Å². The second-order valence-corrected chi connectivity index (χ2v) is 5.61. The number of hydrogen-bond acceptors (Lipinski definition) is 4. The standard InChI is InChI=1S/C15H20N2O2/c18-10-16-14-5-1-12(2-6-14)9-13-3-7-15(8-4-13)17-11-19/h1,13-15H,2-9H2. The van der Waals surface area contributed by atoms with Crippen molar-refractivity contribution in [2.45, 2.75) is 63.5 Å². The molecule has 19 heavy (non-hydrogen) atoms. The summed E-state index contributed by atoms with van der Waals surface area (Å²) in [5.41, 5.74) is 1.51. The molecule has 0 aromatic rings. The summed E-state index contributed by atoms with van der Waals surface area (Å²) in [7, 11) is 0. The summed E-state index contributed by atoms with van der Waals surface area (Å²) in [6.45, 7) is 0. The van der Waals surface area contributed by atoms with Crippen LogP contribution in [0.3, 0.4) is 0 Å². The fourth-order valence-electron chi connectivity index (χ4n) is 3.18. The highest BCUT2D eigenvalue weighted by Crippen LogP contribution is 2.33. The van der Waals surface area contributed by atoms with Gasteiger partial charge in [-0.15, -0.1) is 0 Å². The van der Waals surface area contributed by atoms with Crippen molar-refractivity contribution in [1.29, 1.82) is 0 Å². The first-order chi connectivity index (χ1) is 9.31. The number of hydrogen-bond donors (Lipinski definition) is 0. The Morgan fingerprint density at radius 1 is 1.00 bits per heavy atom. The number of allylic oxidation sites excluding steroid dienone is 1. The van der Waals surface area contributed by atoms with Crippen molar-refractivity contribution in [3.8, 4) is 0 Å². The van der Waals surface area contributed by atoms with Gasteiger partial charge in [0.05, 0.1) is 12.1 Å². The molecule has 0 bridgehead atoms. The Morgan fingerprint density at radius 3 is 2.26 bits per heavy atom. The Balaban J connectivity index is 1.77. The van der Waals surface area contributed by atoms with Gasteiger partial charge in [0.25, 0.3) is 0 Å². The fourth-order valence-corrected chi connectivity index (χ4v) is 3.18. The molecular weight excluding hydrogens is 240 g/mol. The van der Waals surface area contributed by atoms with Crippen molar-refractivity contribution in [2.75, 3.05) is 0 Å². The fraction of sp³-hybridized carbons (Fsp3) is 0.733. The van der Waals surface area contributed by atoms with E-state index in [2.05, 4.69) is 16.1 Å². The molecule has 2 rings (SSSR count). The van der Waals surface area contributed by atoms with Crippen LogP contribution < -0.4 is 0 Å². The highest BCUT2D eigenvalue weighted by molar-refractivity contribution is 5.34. The minimum absolute atomic E-state index is 0.152. The van der Waals surface area contributed by atoms with Crippen molar-refractivity contribution >= 4 is 12.2 Å². The van der Waals surface area contributed by atoms with E-state index in [0.717, 1.165) is 57.3 Å². The number of nitrogens with zero attached hydrogens (tertiary/aromatic N) is 2. The average Bonchev–Trinajstić information content (AvgIpc) is 2.44. The zero-order chi connectivity index (χ0) is 13.5. The van der Waals surface area contributed by atoms with Crippen molar-refractivity contribution in [1.82, 2.24) is 0 Å². The normalized spacial score (nSPS) is 30.7. The number of aliphatic imine (C=N–C) groups is 2. The minimum atomic E-state index is 0.152. The molecule has 4 heteroatoms. The van der Waals surface area contributed by atoms with E-state index >= 15 is 0 Å². The van der Waals surface area contributed by atoms with Crippen LogP contribution in [0.2, 0.25) is 0 Å². The molecule has 2 aliphatic rings. The molecule has 0 spiro atoms. The van der Waals surface area contributed by atoms with E-state index in [1.54, 1.807) is 12.2 Å². The van der Waals surface area contributed by atoms with Gasteiger partial charge >= 0.3 is 0 Å². The lowest BCUT2D eigenvalue weighted by Gasteiger charge is -2.27. The van der Waals surface area contributed by atoms with Crippen molar-refractivity contribution in [2.24, 2.45) is 15.9 Å². The monoisotopic (exact) mass is 260 g/mol. The van der Waals surface area contributed by atoms with Gasteiger partial charge in [-0.1, -0.05) is 11.6 Å². The molecule has 1 fully saturated rings. The van der Waals surface area contributed by atoms with Crippen LogP contribution >= 0.6 is 0 Å². The molecule has 0 heterocycles. The molecule has 1 saturated carbocycles. The van der Waals surface area contributed by atoms with Gasteiger partial charge in [-0.2, -0.15) is 0 Å². The first kappa shape index (κ1) is 13.9. The third-order valence-electron chi connectivity index (χ3n) is 4.31. The molecule has 0 N–H and O–H groups in total. The minimum Gasteiger partial charge on any atom is -0.211 e. The van der Waals surface area contributed by atoms with Crippen molar-refractivity contribution in [3.05, 3.63) is 11.6 Å². The van der Waals surface area contributed by atoms with E-state index in [1.165, 1.54) is 5.57 Å². The molecule has 1 unspecified atom stereocenters. The number of carbonyl (C=O) groups excluding carboxylic acids is 2. The molecule has 0 aromatic heterocycles. The van der Waals surface area contributed by atoms with Crippen LogP contribution in [0.4, 0.5) is 0 Å². The van der Waals surface area contributed by atoms with Crippen LogP contribution in [0.5, 0.6) is 0 Å². The summed E-state index contributed by atoms with van der Waals surface area (Å²) in [5.74, 6) is 0.732. The van der Waals surface area contributed by atoms with Gasteiger partial charge in [0, 0.05) is 0 Å². The summed E-state index contributed by atoms with van der Waals surface area (Å²) in [6, 6.07) is 0.360. The third-order valence-corrected chi connectivity index (χ3v) is 4.31. The predicted octanol–water partition coefficient (Wildman–Crippen LogP) is 3.09. The van der Waals surface area contributed by atoms with E-state index in [1.807, 2.05) is 0 Å². The van der Waals surface area contributed by atoms with Crippen molar-refractivity contribution < 1.29 is 9.59 Å². The maximum atomic E-state index is 10.2. The lowest BCUT2D eigenvalue weighted by molar-refractivity contribution is 0.321. The van der Waals surface area contributed by atoms with Crippen LogP contribution in [0.15, 0.2) is 21.6 Å². The summed E-state index contributed by atoms with van der Waals surface area (Å²) in [6.07, 6.45) is 14.0. The first-order valence-corrected chi connectivity index (χ1v) is 7.13. The zero-order valence-electron chi connectivity index (χ0n) is 11.2. The molecule has 4 nitrogen and oxygen atoms in total. The molecule has 0 amide bonds. The van der Waals surface area contributed by atoms with Crippen molar-refractivity contribution in [3.63, 3.8) is 0 Å². The van der Waals surface area contributed by atoms with E-state index in [4.69, 9.17) is 0 Å². The lowest BCUT2D eigenvalue weighted by atomic mass is 9.80. The average molecular weight is 260 g/mol. The molecule has 2 aliphatic carbocycles. The molecule has 0 aliphatic heterocycles. The van der Waals surface area contributed by atoms with Gasteiger partial charge < -0.3 is 0 Å². The zero-order valence-corrected chi connectivity index (χ0v) is 11.2. The Bertz CT molecular complexity index is 423. The van der Waals surface area contributed by atoms with Crippen LogP contribution in [0.25, 0.3) is 0 Å². The Kier molecular flexibility index (Phi) is 5.26. The second-order valence-electron chi connectivity index (χ2n) is 5.61. The summed E-state index contributed by atoms with van der Waals surface area (Å²) in [5, 5.41) is 0. The molecular formula is C15H20N2O2. The maximum absolute atomic E-state index is 10.2. The van der Waals surface area contributed by atoms with Gasteiger partial charge in [0.2, 0.25) is 12.2 Å². The molecule has 1 atom stereocenters. The molecule has 102 valence electrons. The van der Waals surface area contributed by atoms with E-state index in [9.17, 15) is 9.59 Å². The van der Waals surface area contributed by atoms with Gasteiger partial charge in [-0.25, -0.2) is 19.6 Å². The highest BCUT2D eigenvalue weighted by Gasteiger charge is 2.22. The van der Waals surface area contributed by atoms with Crippen LogP contribution in [0, 0.1) is 5.92 Å². The van der Waals surface area contributed by atoms with Gasteiger partial charge in [-0.05, 0) is 57.3 Å². The van der Waals surface area contributed by atoms with Gasteiger partial charge in [-0.3, -0.25) is 0 Å². The predicted molar refractivity (Wildman–Crippen MR) is 72.3 cm³/mol. The summed E-state index contributed by atoms with van der Waals surface area (Å²) >= 11 is 0. The lowest BCUT2D eigenvalue weighted by Crippen LogP contribution is -2.18. The quantitative estimate of drug-likeness (QED) is 0.443. The van der Waals surface area contributed by atoms with Gasteiger partial charge in [0.15, 0.2) is 0 Å². The smallest absolute Gasteiger partial charge is 0.211 e. The summed E-state index contributed by atoms with van der Waals surface area (Å²) < 4.78 is 0. The molecule has 0 aromatic carbocycles. The topological polar surface area (TPSA) is 58.9 Å². The maximum Gasteiger partial charge on any atom is 0.235 e. The summed E-state index contributed by atoms with van der Waals surface area (Å²) in [4.78, 5) is 28.0. The number of isocyanates is 2. The second kappa shape index (κ2) is 7.18. The SMILES string of the molecule is O=C=NC1CC=C(CC2CCC(N=C=O)CC2)CC1. The van der Waals surface area contributed by atoms with E-state index in [0.29, 0.717) is 0 Å². The third kappa shape index (κ3) is 4.27. The largest absolute Gasteiger partial charge is 0.235 e. The van der Waals surface area contributed by atoms with Crippen LogP contribution in [-0.2, 0) is 9.59 Å². The molecule has 0 radical (unpaired) electrons. The first-order valence-electron chi connectivity index (χ1n) is 7.13. The van der Waals surface area contributed by atoms with Gasteiger partial charge in [0.1, 0.15) is 0 Å². The van der Waals surface area contributed by atoms with E-state index in [-0.39, 0.29) is 12.1 Å². The Morgan fingerprint density at radius 2 is 1.68 bits per heavy atom.